The number of hydrogen-bond acceptors (Lipinski definition) is 4. The average molecular weight is 263 g/mol. The smallest absolute Gasteiger partial charge is 0.316 e. The molecule has 1 heterocycles. The molecule has 2 rings (SSSR count). The standard InChI is InChI=1S/C13H13NO5/c1-19-9-5-3-2-4-7(9)8-6-10(15)14-12(16)11(8)13(17)18/h2-5,8,11H,6H2,1H3,(H,17,18)(H,14,15,16). The molecule has 1 saturated heterocycles. The van der Waals surface area contributed by atoms with Crippen molar-refractivity contribution in [1.29, 1.82) is 0 Å². The molecule has 1 aromatic carbocycles. The van der Waals surface area contributed by atoms with Crippen LogP contribution in [0.3, 0.4) is 0 Å². The number of amides is 2. The highest BCUT2D eigenvalue weighted by molar-refractivity contribution is 6.08. The van der Waals surface area contributed by atoms with Gasteiger partial charge < -0.3 is 9.84 Å². The number of benzene rings is 1. The molecule has 0 aromatic heterocycles. The van der Waals surface area contributed by atoms with Crippen molar-refractivity contribution in [3.05, 3.63) is 29.8 Å². The summed E-state index contributed by atoms with van der Waals surface area (Å²) in [5, 5.41) is 11.2. The van der Waals surface area contributed by atoms with Crippen molar-refractivity contribution in [1.82, 2.24) is 5.32 Å². The van der Waals surface area contributed by atoms with Crippen molar-refractivity contribution in [2.45, 2.75) is 12.3 Å². The quantitative estimate of drug-likeness (QED) is 0.613. The molecule has 1 fully saturated rings. The minimum atomic E-state index is -1.28. The maximum Gasteiger partial charge on any atom is 0.316 e. The van der Waals surface area contributed by atoms with E-state index in [2.05, 4.69) is 0 Å². The number of piperidine rings is 1. The van der Waals surface area contributed by atoms with Crippen LogP contribution in [0.15, 0.2) is 24.3 Å². The zero-order valence-electron chi connectivity index (χ0n) is 10.3. The number of ether oxygens (including phenoxy) is 1. The average Bonchev–Trinajstić information content (AvgIpc) is 2.37. The number of carbonyl (C=O) groups excluding carboxylic acids is 2. The van der Waals surface area contributed by atoms with E-state index >= 15 is 0 Å². The third-order valence-electron chi connectivity index (χ3n) is 3.16. The Morgan fingerprint density at radius 2 is 2.05 bits per heavy atom. The van der Waals surface area contributed by atoms with E-state index < -0.39 is 29.6 Å². The summed E-state index contributed by atoms with van der Waals surface area (Å²) in [6.45, 7) is 0. The molecule has 2 N–H and O–H groups in total. The summed E-state index contributed by atoms with van der Waals surface area (Å²) in [5.41, 5.74) is 0.556. The van der Waals surface area contributed by atoms with Gasteiger partial charge in [0, 0.05) is 12.3 Å². The second kappa shape index (κ2) is 5.09. The molecule has 0 radical (unpaired) electrons. The lowest BCUT2D eigenvalue weighted by Crippen LogP contribution is -2.48. The minimum absolute atomic E-state index is 0.0525. The molecule has 2 atom stereocenters. The monoisotopic (exact) mass is 263 g/mol. The molecule has 0 aliphatic carbocycles. The first-order valence-corrected chi connectivity index (χ1v) is 5.74. The van der Waals surface area contributed by atoms with Crippen molar-refractivity contribution in [3.63, 3.8) is 0 Å². The first-order valence-electron chi connectivity index (χ1n) is 5.74. The maximum atomic E-state index is 11.7. The summed E-state index contributed by atoms with van der Waals surface area (Å²) in [7, 11) is 1.46. The van der Waals surface area contributed by atoms with E-state index in [1.807, 2.05) is 5.32 Å². The summed E-state index contributed by atoms with van der Waals surface area (Å²) in [6.07, 6.45) is -0.0525. The van der Waals surface area contributed by atoms with Gasteiger partial charge in [-0.15, -0.1) is 0 Å². The molecule has 6 heteroatoms. The molecule has 0 bridgehead atoms. The lowest BCUT2D eigenvalue weighted by molar-refractivity contribution is -0.151. The van der Waals surface area contributed by atoms with E-state index in [9.17, 15) is 19.5 Å². The molecule has 0 saturated carbocycles. The largest absolute Gasteiger partial charge is 0.496 e. The summed E-state index contributed by atoms with van der Waals surface area (Å²) in [6, 6.07) is 6.80. The van der Waals surface area contributed by atoms with Crippen molar-refractivity contribution >= 4 is 17.8 Å². The predicted octanol–water partition coefficient (Wildman–Crippen LogP) is 0.526. The zero-order valence-corrected chi connectivity index (χ0v) is 10.3. The third kappa shape index (κ3) is 2.42. The van der Waals surface area contributed by atoms with E-state index in [0.29, 0.717) is 11.3 Å². The topological polar surface area (TPSA) is 92.7 Å². The molecule has 1 aliphatic heterocycles. The van der Waals surface area contributed by atoms with Gasteiger partial charge >= 0.3 is 5.97 Å². The number of nitrogens with one attached hydrogen (secondary N) is 1. The van der Waals surface area contributed by atoms with E-state index in [1.165, 1.54) is 7.11 Å². The van der Waals surface area contributed by atoms with Crippen LogP contribution in [0.4, 0.5) is 0 Å². The maximum absolute atomic E-state index is 11.7. The fourth-order valence-corrected chi connectivity index (χ4v) is 2.31. The van der Waals surface area contributed by atoms with Gasteiger partial charge in [-0.05, 0) is 11.6 Å². The number of aliphatic carboxylic acids is 1. The summed E-state index contributed by atoms with van der Waals surface area (Å²) < 4.78 is 5.16. The number of carboxylic acids is 1. The highest BCUT2D eigenvalue weighted by Crippen LogP contribution is 2.36. The van der Waals surface area contributed by atoms with Gasteiger partial charge in [-0.2, -0.15) is 0 Å². The fraction of sp³-hybridized carbons (Fsp3) is 0.308. The van der Waals surface area contributed by atoms with Gasteiger partial charge in [0.15, 0.2) is 0 Å². The van der Waals surface area contributed by atoms with Crippen LogP contribution >= 0.6 is 0 Å². The lowest BCUT2D eigenvalue weighted by atomic mass is 9.80. The molecule has 100 valence electrons. The highest BCUT2D eigenvalue weighted by Gasteiger charge is 2.42. The van der Waals surface area contributed by atoms with Crippen LogP contribution in [0, 0.1) is 5.92 Å². The molecule has 19 heavy (non-hydrogen) atoms. The first-order chi connectivity index (χ1) is 9.04. The highest BCUT2D eigenvalue weighted by atomic mass is 16.5. The fourth-order valence-electron chi connectivity index (χ4n) is 2.31. The number of hydrogen-bond donors (Lipinski definition) is 2. The lowest BCUT2D eigenvalue weighted by Gasteiger charge is -2.28. The number of methoxy groups -OCH3 is 1. The van der Waals surface area contributed by atoms with Crippen LogP contribution in [-0.4, -0.2) is 30.0 Å². The Hall–Kier alpha value is -2.37. The Labute approximate surface area is 109 Å². The van der Waals surface area contributed by atoms with Crippen molar-refractivity contribution in [2.75, 3.05) is 7.11 Å². The molecule has 2 amide bonds. The van der Waals surface area contributed by atoms with Crippen LogP contribution in [0.25, 0.3) is 0 Å². The van der Waals surface area contributed by atoms with Crippen molar-refractivity contribution < 1.29 is 24.2 Å². The number of para-hydroxylation sites is 1. The van der Waals surface area contributed by atoms with Crippen LogP contribution < -0.4 is 10.1 Å². The van der Waals surface area contributed by atoms with Crippen LogP contribution in [-0.2, 0) is 14.4 Å². The van der Waals surface area contributed by atoms with Crippen LogP contribution in [0.5, 0.6) is 5.75 Å². The molecular weight excluding hydrogens is 250 g/mol. The molecule has 2 unspecified atom stereocenters. The van der Waals surface area contributed by atoms with Crippen LogP contribution in [0.2, 0.25) is 0 Å². The Balaban J connectivity index is 2.46. The van der Waals surface area contributed by atoms with Gasteiger partial charge in [-0.25, -0.2) is 0 Å². The molecule has 6 nitrogen and oxygen atoms in total. The van der Waals surface area contributed by atoms with E-state index in [1.54, 1.807) is 24.3 Å². The Bertz CT molecular complexity index is 540. The zero-order chi connectivity index (χ0) is 14.0. The van der Waals surface area contributed by atoms with Gasteiger partial charge in [0.05, 0.1) is 7.11 Å². The third-order valence-corrected chi connectivity index (χ3v) is 3.16. The molecule has 1 aliphatic rings. The normalized spacial score (nSPS) is 22.8. The van der Waals surface area contributed by atoms with Gasteiger partial charge in [0.25, 0.3) is 0 Å². The SMILES string of the molecule is COc1ccccc1C1CC(=O)NC(=O)C1C(=O)O. The Morgan fingerprint density at radius 1 is 1.37 bits per heavy atom. The summed E-state index contributed by atoms with van der Waals surface area (Å²) >= 11 is 0. The molecule has 0 spiro atoms. The number of carboxylic acid groups (broad SMARTS) is 1. The Morgan fingerprint density at radius 3 is 2.68 bits per heavy atom. The number of imide groups is 1. The van der Waals surface area contributed by atoms with Crippen molar-refractivity contribution in [2.24, 2.45) is 5.92 Å². The summed E-state index contributed by atoms with van der Waals surface area (Å²) in [4.78, 5) is 34.4. The van der Waals surface area contributed by atoms with Crippen LogP contribution in [0.1, 0.15) is 17.9 Å². The van der Waals surface area contributed by atoms with Crippen molar-refractivity contribution in [3.8, 4) is 5.75 Å². The van der Waals surface area contributed by atoms with Gasteiger partial charge in [-0.1, -0.05) is 18.2 Å². The van der Waals surface area contributed by atoms with Gasteiger partial charge in [0.1, 0.15) is 11.7 Å². The molecular formula is C13H13NO5. The van der Waals surface area contributed by atoms with Gasteiger partial charge in [0.2, 0.25) is 11.8 Å². The molecule has 1 aromatic rings. The number of carbonyl (C=O) groups is 3. The minimum Gasteiger partial charge on any atom is -0.496 e. The second-order valence-corrected chi connectivity index (χ2v) is 4.28. The summed E-state index contributed by atoms with van der Waals surface area (Å²) in [5.74, 6) is -4.02. The van der Waals surface area contributed by atoms with Gasteiger partial charge in [-0.3, -0.25) is 19.7 Å². The van der Waals surface area contributed by atoms with E-state index in [4.69, 9.17) is 4.74 Å². The Kier molecular flexibility index (Phi) is 3.50. The van der Waals surface area contributed by atoms with E-state index in [0.717, 1.165) is 0 Å². The predicted molar refractivity (Wildman–Crippen MR) is 64.6 cm³/mol. The first kappa shape index (κ1) is 13.1. The second-order valence-electron chi connectivity index (χ2n) is 4.28. The number of rotatable bonds is 3. The van der Waals surface area contributed by atoms with E-state index in [-0.39, 0.29) is 6.42 Å².